The van der Waals surface area contributed by atoms with Gasteiger partial charge in [-0.05, 0) is 34.1 Å². The molecule has 100 valence electrons. The number of nitrogens with one attached hydrogen (secondary N) is 1. The van der Waals surface area contributed by atoms with Gasteiger partial charge in [-0.1, -0.05) is 5.21 Å². The highest BCUT2D eigenvalue weighted by atomic mass is 79.9. The number of rotatable bonds is 4. The van der Waals surface area contributed by atoms with E-state index < -0.39 is 0 Å². The molecule has 0 atom stereocenters. The van der Waals surface area contributed by atoms with Crippen molar-refractivity contribution in [3.8, 4) is 5.69 Å². The van der Waals surface area contributed by atoms with Crippen LogP contribution in [-0.2, 0) is 11.3 Å². The van der Waals surface area contributed by atoms with E-state index in [1.807, 2.05) is 0 Å². The highest BCUT2D eigenvalue weighted by Crippen LogP contribution is 2.18. The predicted octanol–water partition coefficient (Wildman–Crippen LogP) is 0.744. The van der Waals surface area contributed by atoms with Crippen LogP contribution in [0.4, 0.5) is 4.39 Å². The number of hydrogen-bond acceptors (Lipinski definition) is 4. The van der Waals surface area contributed by atoms with Gasteiger partial charge in [-0.3, -0.25) is 4.79 Å². The van der Waals surface area contributed by atoms with Crippen molar-refractivity contribution in [1.29, 1.82) is 0 Å². The number of aromatic nitrogens is 3. The molecule has 0 aliphatic heterocycles. The standard InChI is InChI=1S/C11H11BrFN5O/c12-9-3-8(1-2-10(9)13)18-6-7(16-17-18)5-15-11(19)4-14/h1-3,6H,4-5,14H2,(H,15,19). The summed E-state index contributed by atoms with van der Waals surface area (Å²) >= 11 is 3.10. The molecule has 1 aromatic carbocycles. The summed E-state index contributed by atoms with van der Waals surface area (Å²) in [6.07, 6.45) is 1.65. The van der Waals surface area contributed by atoms with Crippen molar-refractivity contribution in [2.75, 3.05) is 6.54 Å². The van der Waals surface area contributed by atoms with Gasteiger partial charge in [0.1, 0.15) is 11.5 Å². The summed E-state index contributed by atoms with van der Waals surface area (Å²) in [5.74, 6) is -0.613. The molecule has 0 saturated carbocycles. The summed E-state index contributed by atoms with van der Waals surface area (Å²) in [4.78, 5) is 11.0. The van der Waals surface area contributed by atoms with Crippen LogP contribution in [0.2, 0.25) is 0 Å². The Morgan fingerprint density at radius 3 is 3.00 bits per heavy atom. The summed E-state index contributed by atoms with van der Waals surface area (Å²) in [7, 11) is 0. The highest BCUT2D eigenvalue weighted by Gasteiger charge is 2.06. The number of benzene rings is 1. The van der Waals surface area contributed by atoms with Gasteiger partial charge in [0.15, 0.2) is 0 Å². The lowest BCUT2D eigenvalue weighted by Crippen LogP contribution is -2.29. The number of halogens is 2. The average molecular weight is 328 g/mol. The van der Waals surface area contributed by atoms with Crippen molar-refractivity contribution in [1.82, 2.24) is 20.3 Å². The minimum Gasteiger partial charge on any atom is -0.349 e. The third-order valence-electron chi connectivity index (χ3n) is 2.36. The van der Waals surface area contributed by atoms with Crippen molar-refractivity contribution >= 4 is 21.8 Å². The summed E-state index contributed by atoms with van der Waals surface area (Å²) < 4.78 is 15.0. The largest absolute Gasteiger partial charge is 0.349 e. The minimum absolute atomic E-state index is 0.0704. The van der Waals surface area contributed by atoms with Gasteiger partial charge in [-0.15, -0.1) is 5.10 Å². The van der Waals surface area contributed by atoms with Gasteiger partial charge in [-0.25, -0.2) is 9.07 Å². The zero-order valence-corrected chi connectivity index (χ0v) is 11.4. The molecule has 0 radical (unpaired) electrons. The van der Waals surface area contributed by atoms with E-state index in [0.29, 0.717) is 15.9 Å². The number of hydrogen-bond donors (Lipinski definition) is 2. The van der Waals surface area contributed by atoms with Crippen LogP contribution in [0.5, 0.6) is 0 Å². The fraction of sp³-hybridized carbons (Fsp3) is 0.182. The second kappa shape index (κ2) is 5.89. The molecule has 0 saturated heterocycles. The minimum atomic E-state index is -0.348. The van der Waals surface area contributed by atoms with E-state index in [4.69, 9.17) is 5.73 Å². The zero-order valence-electron chi connectivity index (χ0n) is 9.81. The first-order valence-electron chi connectivity index (χ1n) is 5.43. The lowest BCUT2D eigenvalue weighted by atomic mass is 10.3. The summed E-state index contributed by atoms with van der Waals surface area (Å²) in [5, 5.41) is 10.4. The Morgan fingerprint density at radius 1 is 1.53 bits per heavy atom. The van der Waals surface area contributed by atoms with E-state index in [0.717, 1.165) is 0 Å². The molecular weight excluding hydrogens is 317 g/mol. The maximum atomic E-state index is 13.1. The van der Waals surface area contributed by atoms with Crippen LogP contribution in [0.15, 0.2) is 28.9 Å². The number of carbonyl (C=O) groups excluding carboxylic acids is 1. The fourth-order valence-electron chi connectivity index (χ4n) is 1.39. The van der Waals surface area contributed by atoms with Gasteiger partial charge in [0.05, 0.1) is 29.4 Å². The Kier molecular flexibility index (Phi) is 4.23. The number of nitrogens with zero attached hydrogens (tertiary/aromatic N) is 3. The van der Waals surface area contributed by atoms with Crippen LogP contribution in [0.3, 0.4) is 0 Å². The third-order valence-corrected chi connectivity index (χ3v) is 2.97. The SMILES string of the molecule is NCC(=O)NCc1cn(-c2ccc(F)c(Br)c2)nn1. The van der Waals surface area contributed by atoms with Crippen LogP contribution in [0.1, 0.15) is 5.69 Å². The normalized spacial score (nSPS) is 10.5. The molecule has 0 unspecified atom stereocenters. The van der Waals surface area contributed by atoms with E-state index in [-0.39, 0.29) is 24.8 Å². The molecule has 1 heterocycles. The quantitative estimate of drug-likeness (QED) is 0.867. The van der Waals surface area contributed by atoms with E-state index in [9.17, 15) is 9.18 Å². The molecule has 19 heavy (non-hydrogen) atoms. The summed E-state index contributed by atoms with van der Waals surface area (Å²) in [6.45, 7) is 0.178. The van der Waals surface area contributed by atoms with E-state index in [1.54, 1.807) is 18.3 Å². The Labute approximate surface area is 116 Å². The molecular formula is C11H11BrFN5O. The first-order chi connectivity index (χ1) is 9.10. The molecule has 0 aliphatic rings. The van der Waals surface area contributed by atoms with Gasteiger partial charge in [0.25, 0.3) is 0 Å². The van der Waals surface area contributed by atoms with Crippen molar-refractivity contribution in [3.63, 3.8) is 0 Å². The van der Waals surface area contributed by atoms with Crippen LogP contribution in [0.25, 0.3) is 5.69 Å². The van der Waals surface area contributed by atoms with Gasteiger partial charge < -0.3 is 11.1 Å². The van der Waals surface area contributed by atoms with Gasteiger partial charge in [0.2, 0.25) is 5.91 Å². The Morgan fingerprint density at radius 2 is 2.32 bits per heavy atom. The Hall–Kier alpha value is -1.80. The lowest BCUT2D eigenvalue weighted by molar-refractivity contribution is -0.119. The van der Waals surface area contributed by atoms with Gasteiger partial charge in [-0.2, -0.15) is 0 Å². The molecule has 0 spiro atoms. The lowest BCUT2D eigenvalue weighted by Gasteiger charge is -2.01. The first-order valence-corrected chi connectivity index (χ1v) is 6.23. The number of nitrogens with two attached hydrogens (primary N) is 1. The van der Waals surface area contributed by atoms with Crippen molar-refractivity contribution in [3.05, 3.63) is 40.4 Å². The van der Waals surface area contributed by atoms with Crippen molar-refractivity contribution < 1.29 is 9.18 Å². The molecule has 0 fully saturated rings. The maximum Gasteiger partial charge on any atom is 0.234 e. The van der Waals surface area contributed by atoms with Crippen LogP contribution < -0.4 is 11.1 Å². The molecule has 1 amide bonds. The van der Waals surface area contributed by atoms with E-state index >= 15 is 0 Å². The second-order valence-electron chi connectivity index (χ2n) is 3.73. The Balaban J connectivity index is 2.12. The average Bonchev–Trinajstić information content (AvgIpc) is 2.88. The predicted molar refractivity (Wildman–Crippen MR) is 69.9 cm³/mol. The fourth-order valence-corrected chi connectivity index (χ4v) is 1.76. The molecule has 0 aliphatic carbocycles. The molecule has 0 bridgehead atoms. The van der Waals surface area contributed by atoms with Crippen LogP contribution >= 0.6 is 15.9 Å². The molecule has 8 heteroatoms. The zero-order chi connectivity index (χ0) is 13.8. The highest BCUT2D eigenvalue weighted by molar-refractivity contribution is 9.10. The molecule has 3 N–H and O–H groups in total. The number of carbonyl (C=O) groups is 1. The Bertz CT molecular complexity index is 601. The van der Waals surface area contributed by atoms with Gasteiger partial charge in [0, 0.05) is 0 Å². The van der Waals surface area contributed by atoms with Gasteiger partial charge >= 0.3 is 0 Å². The topological polar surface area (TPSA) is 85.8 Å². The molecule has 2 aromatic rings. The number of amides is 1. The van der Waals surface area contributed by atoms with Crippen LogP contribution in [-0.4, -0.2) is 27.4 Å². The van der Waals surface area contributed by atoms with Crippen molar-refractivity contribution in [2.24, 2.45) is 5.73 Å². The molecule has 1 aromatic heterocycles. The first kappa shape index (κ1) is 13.6. The summed E-state index contributed by atoms with van der Waals surface area (Å²) in [6, 6.07) is 4.50. The van der Waals surface area contributed by atoms with E-state index in [1.165, 1.54) is 10.7 Å². The monoisotopic (exact) mass is 327 g/mol. The second-order valence-corrected chi connectivity index (χ2v) is 4.59. The molecule has 2 rings (SSSR count). The summed E-state index contributed by atoms with van der Waals surface area (Å²) in [5.41, 5.74) is 6.42. The van der Waals surface area contributed by atoms with Crippen LogP contribution in [0, 0.1) is 5.82 Å². The molecule has 6 nitrogen and oxygen atoms in total. The van der Waals surface area contributed by atoms with E-state index in [2.05, 4.69) is 31.6 Å². The van der Waals surface area contributed by atoms with Crippen molar-refractivity contribution in [2.45, 2.75) is 6.54 Å². The smallest absolute Gasteiger partial charge is 0.234 e. The third kappa shape index (κ3) is 3.36. The maximum absolute atomic E-state index is 13.1.